The summed E-state index contributed by atoms with van der Waals surface area (Å²) in [5.74, 6) is 2.66. The quantitative estimate of drug-likeness (QED) is 0.328. The Labute approximate surface area is 187 Å². The van der Waals surface area contributed by atoms with Crippen molar-refractivity contribution in [2.24, 2.45) is 0 Å². The summed E-state index contributed by atoms with van der Waals surface area (Å²) in [6.45, 7) is 8.19. The topological polar surface area (TPSA) is 47.0 Å². The molecule has 4 nitrogen and oxygen atoms in total. The van der Waals surface area contributed by atoms with Crippen molar-refractivity contribution in [3.05, 3.63) is 71.4 Å². The number of nitrogens with zero attached hydrogens (tertiary/aromatic N) is 2. The zero-order valence-electron chi connectivity index (χ0n) is 19.2. The first-order valence-electron chi connectivity index (χ1n) is 11.6. The third-order valence-corrected chi connectivity index (χ3v) is 5.39. The minimum absolute atomic E-state index is 0.773. The summed E-state index contributed by atoms with van der Waals surface area (Å²) in [5, 5.41) is 3.59. The number of rotatable bonds is 12. The smallest absolute Gasteiger partial charge is 0.161 e. The number of aromatic nitrogens is 2. The molecule has 4 heteroatoms. The molecule has 1 N–H and O–H groups in total. The highest BCUT2D eigenvalue weighted by Crippen LogP contribution is 2.25. The van der Waals surface area contributed by atoms with Crippen LogP contribution in [0.1, 0.15) is 62.8 Å². The van der Waals surface area contributed by atoms with Gasteiger partial charge in [-0.2, -0.15) is 0 Å². The Bertz CT molecular complexity index is 923. The zero-order chi connectivity index (χ0) is 21.9. The van der Waals surface area contributed by atoms with Crippen LogP contribution in [-0.2, 0) is 6.42 Å². The number of hydrogen-bond donors (Lipinski definition) is 1. The molecule has 3 aromatic rings. The van der Waals surface area contributed by atoms with Crippen molar-refractivity contribution in [1.29, 1.82) is 0 Å². The van der Waals surface area contributed by atoms with Crippen LogP contribution in [0, 0.1) is 6.92 Å². The number of unbranched alkanes of at least 4 members (excludes halogenated alkanes) is 3. The fourth-order valence-electron chi connectivity index (χ4n) is 3.49. The lowest BCUT2D eigenvalue weighted by atomic mass is 10.0. The van der Waals surface area contributed by atoms with Crippen molar-refractivity contribution < 1.29 is 4.74 Å². The van der Waals surface area contributed by atoms with Crippen LogP contribution in [0.3, 0.4) is 0 Å². The molecule has 1 heterocycles. The first kappa shape index (κ1) is 22.8. The Balaban J connectivity index is 1.81. The van der Waals surface area contributed by atoms with Crippen LogP contribution >= 0.6 is 0 Å². The van der Waals surface area contributed by atoms with E-state index in [9.17, 15) is 0 Å². The van der Waals surface area contributed by atoms with E-state index < -0.39 is 0 Å². The fraction of sp³-hybridized carbons (Fsp3) is 0.407. The van der Waals surface area contributed by atoms with Crippen LogP contribution in [0.25, 0.3) is 11.4 Å². The van der Waals surface area contributed by atoms with Crippen molar-refractivity contribution in [3.63, 3.8) is 0 Å². The largest absolute Gasteiger partial charge is 0.494 e. The molecule has 0 aliphatic heterocycles. The van der Waals surface area contributed by atoms with Crippen LogP contribution in [-0.4, -0.2) is 23.1 Å². The first-order chi connectivity index (χ1) is 15.2. The van der Waals surface area contributed by atoms with Crippen molar-refractivity contribution in [2.45, 2.75) is 59.3 Å². The van der Waals surface area contributed by atoms with Gasteiger partial charge < -0.3 is 10.1 Å². The second-order valence-electron chi connectivity index (χ2n) is 7.98. The maximum Gasteiger partial charge on any atom is 0.161 e. The predicted molar refractivity (Wildman–Crippen MR) is 130 cm³/mol. The lowest BCUT2D eigenvalue weighted by Crippen LogP contribution is -2.10. The number of benzene rings is 2. The summed E-state index contributed by atoms with van der Waals surface area (Å²) < 4.78 is 5.80. The van der Waals surface area contributed by atoms with Gasteiger partial charge in [-0.15, -0.1) is 0 Å². The van der Waals surface area contributed by atoms with Gasteiger partial charge in [-0.1, -0.05) is 75.6 Å². The molecule has 1 aromatic heterocycles. The van der Waals surface area contributed by atoms with Gasteiger partial charge in [0.15, 0.2) is 5.82 Å². The summed E-state index contributed by atoms with van der Waals surface area (Å²) in [5.41, 5.74) is 4.46. The molecule has 0 atom stereocenters. The molecule has 0 bridgehead atoms. The average Bonchev–Trinajstić information content (AvgIpc) is 2.80. The predicted octanol–water partition coefficient (Wildman–Crippen LogP) is 6.82. The van der Waals surface area contributed by atoms with Gasteiger partial charge >= 0.3 is 0 Å². The van der Waals surface area contributed by atoms with Gasteiger partial charge in [-0.3, -0.25) is 0 Å². The fourth-order valence-corrected chi connectivity index (χ4v) is 3.49. The molecule has 164 valence electrons. The molecule has 0 fully saturated rings. The minimum Gasteiger partial charge on any atom is -0.494 e. The highest BCUT2D eigenvalue weighted by molar-refractivity contribution is 5.60. The molecule has 2 aromatic carbocycles. The van der Waals surface area contributed by atoms with Gasteiger partial charge in [0.05, 0.1) is 6.61 Å². The SMILES string of the molecule is CCCCCNc1nc(-c2ccccc2)nc(C)c1Cc1ccc(OCCCC)cc1. The molecule has 0 aliphatic rings. The Morgan fingerprint density at radius 3 is 2.29 bits per heavy atom. The first-order valence-corrected chi connectivity index (χ1v) is 11.6. The Hall–Kier alpha value is -2.88. The molecule has 0 amide bonds. The normalized spacial score (nSPS) is 10.8. The van der Waals surface area contributed by atoms with Gasteiger partial charge in [-0.05, 0) is 37.5 Å². The monoisotopic (exact) mass is 417 g/mol. The Kier molecular flexibility index (Phi) is 8.89. The molecular weight excluding hydrogens is 382 g/mol. The Morgan fingerprint density at radius 2 is 1.58 bits per heavy atom. The van der Waals surface area contributed by atoms with E-state index in [1.807, 2.05) is 18.2 Å². The third-order valence-electron chi connectivity index (χ3n) is 5.39. The summed E-state index contributed by atoms with van der Waals surface area (Å²) in [6.07, 6.45) is 6.59. The molecule has 0 radical (unpaired) electrons. The third kappa shape index (κ3) is 6.81. The summed E-state index contributed by atoms with van der Waals surface area (Å²) in [4.78, 5) is 9.75. The van der Waals surface area contributed by atoms with Gasteiger partial charge in [0.25, 0.3) is 0 Å². The highest BCUT2D eigenvalue weighted by Gasteiger charge is 2.13. The van der Waals surface area contributed by atoms with E-state index in [4.69, 9.17) is 14.7 Å². The van der Waals surface area contributed by atoms with Crippen LogP contribution in [0.15, 0.2) is 54.6 Å². The van der Waals surface area contributed by atoms with E-state index in [1.165, 1.54) is 18.4 Å². The molecular formula is C27H35N3O. The zero-order valence-corrected chi connectivity index (χ0v) is 19.2. The van der Waals surface area contributed by atoms with E-state index >= 15 is 0 Å². The molecule has 0 spiro atoms. The highest BCUT2D eigenvalue weighted by atomic mass is 16.5. The van der Waals surface area contributed by atoms with Gasteiger partial charge in [0, 0.05) is 29.8 Å². The van der Waals surface area contributed by atoms with Crippen molar-refractivity contribution in [1.82, 2.24) is 9.97 Å². The van der Waals surface area contributed by atoms with Gasteiger partial charge in [0.2, 0.25) is 0 Å². The standard InChI is InChI=1S/C27H35N3O/c1-4-6-11-18-28-27-25(20-22-14-16-24(17-15-22)31-19-7-5-2)21(3)29-26(30-27)23-12-9-8-10-13-23/h8-10,12-17H,4-7,11,18-20H2,1-3H3,(H,28,29,30). The maximum absolute atomic E-state index is 5.80. The summed E-state index contributed by atoms with van der Waals surface area (Å²) in [6, 6.07) is 18.6. The van der Waals surface area contributed by atoms with Crippen molar-refractivity contribution in [3.8, 4) is 17.1 Å². The molecule has 0 saturated carbocycles. The van der Waals surface area contributed by atoms with E-state index in [1.54, 1.807) is 0 Å². The number of ether oxygens (including phenoxy) is 1. The van der Waals surface area contributed by atoms with Crippen LogP contribution in [0.2, 0.25) is 0 Å². The van der Waals surface area contributed by atoms with E-state index in [-0.39, 0.29) is 0 Å². The Morgan fingerprint density at radius 1 is 0.839 bits per heavy atom. The van der Waals surface area contributed by atoms with E-state index in [0.29, 0.717) is 0 Å². The lowest BCUT2D eigenvalue weighted by molar-refractivity contribution is 0.309. The number of aryl methyl sites for hydroxylation is 1. The molecule has 3 rings (SSSR count). The van der Waals surface area contributed by atoms with Gasteiger partial charge in [-0.25, -0.2) is 9.97 Å². The molecule has 0 saturated heterocycles. The van der Waals surface area contributed by atoms with Crippen LogP contribution in [0.4, 0.5) is 5.82 Å². The van der Waals surface area contributed by atoms with E-state index in [0.717, 1.165) is 73.0 Å². The number of hydrogen-bond acceptors (Lipinski definition) is 4. The summed E-state index contributed by atoms with van der Waals surface area (Å²) in [7, 11) is 0. The number of nitrogens with one attached hydrogen (secondary N) is 1. The van der Waals surface area contributed by atoms with Crippen molar-refractivity contribution in [2.75, 3.05) is 18.5 Å². The lowest BCUT2D eigenvalue weighted by Gasteiger charge is -2.16. The van der Waals surface area contributed by atoms with E-state index in [2.05, 4.69) is 62.5 Å². The van der Waals surface area contributed by atoms with Crippen LogP contribution < -0.4 is 10.1 Å². The molecule has 0 unspecified atom stereocenters. The second kappa shape index (κ2) is 12.1. The van der Waals surface area contributed by atoms with Gasteiger partial charge in [0.1, 0.15) is 11.6 Å². The molecule has 31 heavy (non-hydrogen) atoms. The molecule has 0 aliphatic carbocycles. The number of anilines is 1. The van der Waals surface area contributed by atoms with Crippen LogP contribution in [0.5, 0.6) is 5.75 Å². The second-order valence-corrected chi connectivity index (χ2v) is 7.98. The maximum atomic E-state index is 5.80. The van der Waals surface area contributed by atoms with Crippen molar-refractivity contribution >= 4 is 5.82 Å². The average molecular weight is 418 g/mol. The summed E-state index contributed by atoms with van der Waals surface area (Å²) >= 11 is 0. The minimum atomic E-state index is 0.773.